The zero-order valence-corrected chi connectivity index (χ0v) is 16.9. The van der Waals surface area contributed by atoms with Crippen LogP contribution in [-0.4, -0.2) is 37.1 Å². The van der Waals surface area contributed by atoms with E-state index in [1.165, 1.54) is 17.0 Å². The maximum absolute atomic E-state index is 12.5. The Morgan fingerprint density at radius 3 is 2.30 bits per heavy atom. The Balaban J connectivity index is 1.42. The van der Waals surface area contributed by atoms with Gasteiger partial charge in [-0.15, -0.1) is 0 Å². The van der Waals surface area contributed by atoms with E-state index in [2.05, 4.69) is 10.0 Å². The lowest BCUT2D eigenvalue weighted by Gasteiger charge is -2.14. The zero-order chi connectivity index (χ0) is 21.3. The first-order chi connectivity index (χ1) is 14.3. The standard InChI is InChI=1S/C21H21N3O5S/c25-19-10-11-20(26)24(19)13-14-4-6-15(7-5-14)21(27)22-17-2-1-3-18(12-17)30(28,29)23-16-8-9-16/h1-7,12,16,23H,8-11,13H2,(H,22,27). The van der Waals surface area contributed by atoms with Gasteiger partial charge in [0.15, 0.2) is 0 Å². The van der Waals surface area contributed by atoms with Gasteiger partial charge in [-0.05, 0) is 48.7 Å². The van der Waals surface area contributed by atoms with Crippen molar-refractivity contribution in [3.8, 4) is 0 Å². The molecule has 156 valence electrons. The van der Waals surface area contributed by atoms with Gasteiger partial charge in [0.1, 0.15) is 0 Å². The Bertz CT molecular complexity index is 1090. The number of nitrogens with one attached hydrogen (secondary N) is 2. The van der Waals surface area contributed by atoms with Gasteiger partial charge in [0.05, 0.1) is 11.4 Å². The highest BCUT2D eigenvalue weighted by Gasteiger charge is 2.29. The van der Waals surface area contributed by atoms with Crippen molar-refractivity contribution < 1.29 is 22.8 Å². The van der Waals surface area contributed by atoms with Crippen LogP contribution in [0, 0.1) is 0 Å². The van der Waals surface area contributed by atoms with Gasteiger partial charge in [-0.3, -0.25) is 19.3 Å². The van der Waals surface area contributed by atoms with E-state index in [9.17, 15) is 22.8 Å². The summed E-state index contributed by atoms with van der Waals surface area (Å²) in [5, 5.41) is 2.70. The molecular weight excluding hydrogens is 406 g/mol. The lowest BCUT2D eigenvalue weighted by molar-refractivity contribution is -0.139. The van der Waals surface area contributed by atoms with Gasteiger partial charge in [0.25, 0.3) is 5.91 Å². The molecule has 4 rings (SSSR count). The molecule has 2 aromatic carbocycles. The van der Waals surface area contributed by atoms with Gasteiger partial charge in [-0.1, -0.05) is 18.2 Å². The Kier molecular flexibility index (Phi) is 5.40. The molecule has 0 spiro atoms. The highest BCUT2D eigenvalue weighted by Crippen LogP contribution is 2.23. The van der Waals surface area contributed by atoms with Crippen LogP contribution < -0.4 is 10.0 Å². The predicted molar refractivity (Wildman–Crippen MR) is 109 cm³/mol. The van der Waals surface area contributed by atoms with E-state index in [0.29, 0.717) is 11.3 Å². The van der Waals surface area contributed by atoms with Crippen molar-refractivity contribution in [1.29, 1.82) is 0 Å². The van der Waals surface area contributed by atoms with Crippen LogP contribution in [0.1, 0.15) is 41.6 Å². The van der Waals surface area contributed by atoms with Crippen LogP contribution in [0.5, 0.6) is 0 Å². The number of anilines is 1. The van der Waals surface area contributed by atoms with E-state index in [1.807, 2.05) is 0 Å². The molecule has 2 aromatic rings. The van der Waals surface area contributed by atoms with Gasteiger partial charge < -0.3 is 5.32 Å². The molecule has 0 radical (unpaired) electrons. The second-order valence-corrected chi connectivity index (χ2v) is 9.16. The zero-order valence-electron chi connectivity index (χ0n) is 16.1. The van der Waals surface area contributed by atoms with Gasteiger partial charge in [0, 0.05) is 30.1 Å². The molecule has 2 N–H and O–H groups in total. The summed E-state index contributed by atoms with van der Waals surface area (Å²) in [6.45, 7) is 0.188. The van der Waals surface area contributed by atoms with E-state index in [4.69, 9.17) is 0 Å². The lowest BCUT2D eigenvalue weighted by atomic mass is 10.1. The Labute approximate surface area is 174 Å². The number of benzene rings is 2. The van der Waals surface area contributed by atoms with Crippen molar-refractivity contribution in [1.82, 2.24) is 9.62 Å². The predicted octanol–water partition coefficient (Wildman–Crippen LogP) is 2.03. The maximum atomic E-state index is 12.5. The normalized spacial score (nSPS) is 16.7. The number of hydrogen-bond donors (Lipinski definition) is 2. The minimum Gasteiger partial charge on any atom is -0.322 e. The fourth-order valence-corrected chi connectivity index (χ4v) is 4.53. The number of likely N-dealkylation sites (tertiary alicyclic amines) is 1. The lowest BCUT2D eigenvalue weighted by Crippen LogP contribution is -2.28. The van der Waals surface area contributed by atoms with Crippen LogP contribution in [-0.2, 0) is 26.2 Å². The van der Waals surface area contributed by atoms with Crippen LogP contribution in [0.4, 0.5) is 5.69 Å². The van der Waals surface area contributed by atoms with Crippen LogP contribution >= 0.6 is 0 Å². The number of sulfonamides is 1. The first-order valence-electron chi connectivity index (χ1n) is 9.68. The van der Waals surface area contributed by atoms with E-state index < -0.39 is 10.0 Å². The van der Waals surface area contributed by atoms with Gasteiger partial charge >= 0.3 is 0 Å². The number of nitrogens with zero attached hydrogens (tertiary/aromatic N) is 1. The third-order valence-corrected chi connectivity index (χ3v) is 6.53. The van der Waals surface area contributed by atoms with E-state index in [-0.39, 0.29) is 48.0 Å². The quantitative estimate of drug-likeness (QED) is 0.657. The molecule has 1 heterocycles. The summed E-state index contributed by atoms with van der Waals surface area (Å²) in [6.07, 6.45) is 2.16. The van der Waals surface area contributed by atoms with Crippen molar-refractivity contribution in [2.24, 2.45) is 0 Å². The minimum absolute atomic E-state index is 0.00194. The third kappa shape index (κ3) is 4.58. The van der Waals surface area contributed by atoms with Crippen LogP contribution in [0.2, 0.25) is 0 Å². The van der Waals surface area contributed by atoms with Crippen molar-refractivity contribution in [3.63, 3.8) is 0 Å². The molecule has 30 heavy (non-hydrogen) atoms. The molecule has 1 aliphatic heterocycles. The molecule has 2 aliphatic rings. The van der Waals surface area contributed by atoms with Crippen LogP contribution in [0.25, 0.3) is 0 Å². The first-order valence-corrected chi connectivity index (χ1v) is 11.2. The summed E-state index contributed by atoms with van der Waals surface area (Å²) in [5.74, 6) is -0.764. The molecule has 3 amide bonds. The Morgan fingerprint density at radius 1 is 1.00 bits per heavy atom. The number of imide groups is 1. The second-order valence-electron chi connectivity index (χ2n) is 7.45. The summed E-state index contributed by atoms with van der Waals surface area (Å²) in [4.78, 5) is 37.3. The van der Waals surface area contributed by atoms with Gasteiger partial charge in [0.2, 0.25) is 21.8 Å². The summed E-state index contributed by atoms with van der Waals surface area (Å²) in [7, 11) is -3.61. The van der Waals surface area contributed by atoms with Crippen LogP contribution in [0.15, 0.2) is 53.4 Å². The Morgan fingerprint density at radius 2 is 1.67 bits per heavy atom. The number of carbonyl (C=O) groups is 3. The molecule has 0 bridgehead atoms. The largest absolute Gasteiger partial charge is 0.322 e. The average Bonchev–Trinajstić information content (AvgIpc) is 3.48. The highest BCUT2D eigenvalue weighted by molar-refractivity contribution is 7.89. The summed E-state index contributed by atoms with van der Waals surface area (Å²) >= 11 is 0. The van der Waals surface area contributed by atoms with Crippen molar-refractivity contribution in [2.75, 3.05) is 5.32 Å². The summed E-state index contributed by atoms with van der Waals surface area (Å²) < 4.78 is 27.3. The molecule has 2 fully saturated rings. The summed E-state index contributed by atoms with van der Waals surface area (Å²) in [6, 6.07) is 12.7. The monoisotopic (exact) mass is 427 g/mol. The summed E-state index contributed by atoms with van der Waals surface area (Å²) in [5.41, 5.74) is 1.49. The van der Waals surface area contributed by atoms with E-state index in [1.54, 1.807) is 36.4 Å². The number of amides is 3. The fourth-order valence-electron chi connectivity index (χ4n) is 3.18. The van der Waals surface area contributed by atoms with Crippen LogP contribution in [0.3, 0.4) is 0 Å². The van der Waals surface area contributed by atoms with E-state index in [0.717, 1.165) is 18.4 Å². The van der Waals surface area contributed by atoms with Crippen molar-refractivity contribution in [3.05, 3.63) is 59.7 Å². The Hall–Kier alpha value is -3.04. The smallest absolute Gasteiger partial charge is 0.255 e. The first kappa shape index (κ1) is 20.2. The molecule has 0 aromatic heterocycles. The molecule has 8 nitrogen and oxygen atoms in total. The highest BCUT2D eigenvalue weighted by atomic mass is 32.2. The molecule has 1 saturated carbocycles. The third-order valence-electron chi connectivity index (χ3n) is 5.01. The molecule has 1 aliphatic carbocycles. The van der Waals surface area contributed by atoms with E-state index >= 15 is 0 Å². The SMILES string of the molecule is O=C(Nc1cccc(S(=O)(=O)NC2CC2)c1)c1ccc(CN2C(=O)CCC2=O)cc1. The number of hydrogen-bond acceptors (Lipinski definition) is 5. The average molecular weight is 427 g/mol. The van der Waals surface area contributed by atoms with Crippen molar-refractivity contribution in [2.45, 2.75) is 43.2 Å². The van der Waals surface area contributed by atoms with Gasteiger partial charge in [-0.25, -0.2) is 13.1 Å². The molecular formula is C21H21N3O5S. The molecule has 0 unspecified atom stereocenters. The topological polar surface area (TPSA) is 113 Å². The number of carbonyl (C=O) groups excluding carboxylic acids is 3. The maximum Gasteiger partial charge on any atom is 0.255 e. The number of rotatable bonds is 7. The molecule has 1 saturated heterocycles. The minimum atomic E-state index is -3.61. The molecule has 0 atom stereocenters. The second kappa shape index (κ2) is 8.00. The molecule has 9 heteroatoms. The van der Waals surface area contributed by atoms with Gasteiger partial charge in [-0.2, -0.15) is 0 Å². The fraction of sp³-hybridized carbons (Fsp3) is 0.286. The van der Waals surface area contributed by atoms with Crippen molar-refractivity contribution >= 4 is 33.4 Å².